The van der Waals surface area contributed by atoms with Crippen LogP contribution < -0.4 is 0 Å². The van der Waals surface area contributed by atoms with E-state index in [1.165, 1.54) is 0 Å². The molecule has 0 amide bonds. The SMILES string of the molecule is CCCc1cc(SCc2ccc(Cl)cc2Cl)n2c(nc3ccccc32)c1C#N. The zero-order valence-corrected chi connectivity index (χ0v) is 17.6. The molecule has 0 aliphatic heterocycles. The Morgan fingerprint density at radius 3 is 2.68 bits per heavy atom. The van der Waals surface area contributed by atoms with Crippen LogP contribution in [0.3, 0.4) is 0 Å². The number of imidazole rings is 1. The van der Waals surface area contributed by atoms with Gasteiger partial charge >= 0.3 is 0 Å². The number of aromatic nitrogens is 2. The van der Waals surface area contributed by atoms with E-state index in [0.717, 1.165) is 45.7 Å². The molecule has 0 fully saturated rings. The Bertz CT molecular complexity index is 1220. The normalized spacial score (nSPS) is 11.2. The van der Waals surface area contributed by atoms with Gasteiger partial charge in [0.1, 0.15) is 6.07 Å². The maximum Gasteiger partial charge on any atom is 0.157 e. The summed E-state index contributed by atoms with van der Waals surface area (Å²) in [6.07, 6.45) is 1.82. The minimum atomic E-state index is 0.630. The van der Waals surface area contributed by atoms with Crippen molar-refractivity contribution in [2.24, 2.45) is 0 Å². The van der Waals surface area contributed by atoms with Crippen molar-refractivity contribution in [1.82, 2.24) is 9.38 Å². The van der Waals surface area contributed by atoms with Crippen LogP contribution >= 0.6 is 35.0 Å². The molecule has 0 radical (unpaired) electrons. The first kappa shape index (κ1) is 19.1. The van der Waals surface area contributed by atoms with Crippen LogP contribution in [0.25, 0.3) is 16.7 Å². The second-order valence-corrected chi connectivity index (χ2v) is 8.37. The second-order valence-electron chi connectivity index (χ2n) is 6.53. The van der Waals surface area contributed by atoms with Crippen molar-refractivity contribution in [2.45, 2.75) is 30.5 Å². The van der Waals surface area contributed by atoms with Crippen molar-refractivity contribution < 1.29 is 0 Å². The summed E-state index contributed by atoms with van der Waals surface area (Å²) in [5.41, 5.74) is 5.33. The lowest BCUT2D eigenvalue weighted by Crippen LogP contribution is -2.00. The zero-order chi connectivity index (χ0) is 19.7. The van der Waals surface area contributed by atoms with Gasteiger partial charge < -0.3 is 0 Å². The van der Waals surface area contributed by atoms with E-state index < -0.39 is 0 Å². The first-order valence-electron chi connectivity index (χ1n) is 9.02. The molecule has 28 heavy (non-hydrogen) atoms. The number of benzene rings is 2. The van der Waals surface area contributed by atoms with Gasteiger partial charge in [0.2, 0.25) is 0 Å². The third-order valence-electron chi connectivity index (χ3n) is 4.65. The predicted octanol–water partition coefficient (Wildman–Crippen LogP) is 6.91. The number of aryl methyl sites for hydroxylation is 1. The van der Waals surface area contributed by atoms with E-state index in [1.54, 1.807) is 17.8 Å². The molecule has 6 heteroatoms. The second kappa shape index (κ2) is 8.05. The highest BCUT2D eigenvalue weighted by atomic mass is 35.5. The number of pyridine rings is 1. The Morgan fingerprint density at radius 1 is 1.11 bits per heavy atom. The highest BCUT2D eigenvalue weighted by Gasteiger charge is 2.17. The zero-order valence-electron chi connectivity index (χ0n) is 15.2. The van der Waals surface area contributed by atoms with Gasteiger partial charge in [0, 0.05) is 15.8 Å². The van der Waals surface area contributed by atoms with E-state index in [2.05, 4.69) is 23.5 Å². The van der Waals surface area contributed by atoms with E-state index >= 15 is 0 Å². The number of fused-ring (bicyclic) bond motifs is 3. The van der Waals surface area contributed by atoms with Gasteiger partial charge in [-0.3, -0.25) is 4.40 Å². The lowest BCUT2D eigenvalue weighted by atomic mass is 10.1. The molecular weight excluding hydrogens is 409 g/mol. The number of hydrogen-bond donors (Lipinski definition) is 0. The van der Waals surface area contributed by atoms with Crippen molar-refractivity contribution in [2.75, 3.05) is 0 Å². The van der Waals surface area contributed by atoms with Crippen LogP contribution in [-0.4, -0.2) is 9.38 Å². The van der Waals surface area contributed by atoms with Gasteiger partial charge in [0.05, 0.1) is 21.6 Å². The molecule has 0 spiro atoms. The molecule has 2 heterocycles. The van der Waals surface area contributed by atoms with Gasteiger partial charge in [0.15, 0.2) is 5.65 Å². The summed E-state index contributed by atoms with van der Waals surface area (Å²) < 4.78 is 2.08. The van der Waals surface area contributed by atoms with Crippen LogP contribution in [0.5, 0.6) is 0 Å². The minimum absolute atomic E-state index is 0.630. The maximum absolute atomic E-state index is 9.79. The van der Waals surface area contributed by atoms with Gasteiger partial charge in [-0.05, 0) is 47.9 Å². The van der Waals surface area contributed by atoms with E-state index in [0.29, 0.717) is 21.4 Å². The summed E-state index contributed by atoms with van der Waals surface area (Å²) in [6, 6.07) is 18.0. The Kier molecular flexibility index (Phi) is 5.50. The summed E-state index contributed by atoms with van der Waals surface area (Å²) >= 11 is 14.1. The largest absolute Gasteiger partial charge is 0.286 e. The molecule has 2 aromatic carbocycles. The number of thioether (sulfide) groups is 1. The Labute approximate surface area is 177 Å². The quantitative estimate of drug-likeness (QED) is 0.326. The third-order valence-corrected chi connectivity index (χ3v) is 6.28. The number of para-hydroxylation sites is 2. The molecule has 4 rings (SSSR count). The van der Waals surface area contributed by atoms with Crippen LogP contribution in [0.2, 0.25) is 10.0 Å². The Balaban J connectivity index is 1.87. The number of nitrogens with zero attached hydrogens (tertiary/aromatic N) is 3. The molecule has 0 unspecified atom stereocenters. The summed E-state index contributed by atoms with van der Waals surface area (Å²) in [5, 5.41) is 12.1. The lowest BCUT2D eigenvalue weighted by Gasteiger charge is -2.12. The summed E-state index contributed by atoms with van der Waals surface area (Å²) in [5.74, 6) is 0.703. The average molecular weight is 426 g/mol. The molecule has 0 aliphatic carbocycles. The van der Waals surface area contributed by atoms with E-state index in [1.807, 2.05) is 36.4 Å². The Hall–Kier alpha value is -2.19. The molecule has 0 atom stereocenters. The molecule has 3 nitrogen and oxygen atoms in total. The number of halogens is 2. The van der Waals surface area contributed by atoms with Crippen LogP contribution in [0, 0.1) is 11.3 Å². The molecular formula is C22H17Cl2N3S. The highest BCUT2D eigenvalue weighted by molar-refractivity contribution is 7.98. The summed E-state index contributed by atoms with van der Waals surface area (Å²) in [7, 11) is 0. The van der Waals surface area contributed by atoms with Crippen molar-refractivity contribution in [3.63, 3.8) is 0 Å². The minimum Gasteiger partial charge on any atom is -0.286 e. The Morgan fingerprint density at radius 2 is 1.93 bits per heavy atom. The van der Waals surface area contributed by atoms with Gasteiger partial charge in [-0.25, -0.2) is 4.98 Å². The molecule has 0 bridgehead atoms. The monoisotopic (exact) mass is 425 g/mol. The van der Waals surface area contributed by atoms with Gasteiger partial charge in [0.25, 0.3) is 0 Å². The van der Waals surface area contributed by atoms with Crippen LogP contribution in [0.15, 0.2) is 53.6 Å². The molecule has 0 N–H and O–H groups in total. The fraction of sp³-hybridized carbons (Fsp3) is 0.182. The first-order chi connectivity index (χ1) is 13.6. The van der Waals surface area contributed by atoms with E-state index in [-0.39, 0.29) is 0 Å². The van der Waals surface area contributed by atoms with Crippen molar-refractivity contribution in [1.29, 1.82) is 5.26 Å². The number of hydrogen-bond acceptors (Lipinski definition) is 3. The third kappa shape index (κ3) is 3.46. The maximum atomic E-state index is 9.79. The molecule has 0 saturated heterocycles. The predicted molar refractivity (Wildman–Crippen MR) is 117 cm³/mol. The lowest BCUT2D eigenvalue weighted by molar-refractivity contribution is 0.899. The molecule has 2 aromatic heterocycles. The van der Waals surface area contributed by atoms with Crippen molar-refractivity contribution in [3.05, 3.63) is 75.3 Å². The van der Waals surface area contributed by atoms with E-state index in [9.17, 15) is 5.26 Å². The molecule has 140 valence electrons. The number of rotatable bonds is 5. The fourth-order valence-electron chi connectivity index (χ4n) is 3.33. The van der Waals surface area contributed by atoms with Crippen molar-refractivity contribution in [3.8, 4) is 6.07 Å². The van der Waals surface area contributed by atoms with Crippen LogP contribution in [0.4, 0.5) is 0 Å². The van der Waals surface area contributed by atoms with Crippen LogP contribution in [0.1, 0.15) is 30.0 Å². The van der Waals surface area contributed by atoms with Crippen LogP contribution in [-0.2, 0) is 12.2 Å². The summed E-state index contributed by atoms with van der Waals surface area (Å²) in [6.45, 7) is 2.12. The van der Waals surface area contributed by atoms with Crippen molar-refractivity contribution >= 4 is 51.6 Å². The van der Waals surface area contributed by atoms with Gasteiger partial charge in [-0.2, -0.15) is 5.26 Å². The molecule has 4 aromatic rings. The summed E-state index contributed by atoms with van der Waals surface area (Å²) in [4.78, 5) is 4.76. The first-order valence-corrected chi connectivity index (χ1v) is 10.8. The topological polar surface area (TPSA) is 41.1 Å². The van der Waals surface area contributed by atoms with Gasteiger partial charge in [-0.15, -0.1) is 11.8 Å². The average Bonchev–Trinajstić information content (AvgIpc) is 3.07. The highest BCUT2D eigenvalue weighted by Crippen LogP contribution is 2.33. The van der Waals surface area contributed by atoms with Gasteiger partial charge in [-0.1, -0.05) is 54.7 Å². The van der Waals surface area contributed by atoms with E-state index in [4.69, 9.17) is 28.2 Å². The fourth-order valence-corrected chi connectivity index (χ4v) is 4.98. The molecule has 0 saturated carbocycles. The molecule has 0 aliphatic rings. The number of nitriles is 1. The standard InChI is InChI=1S/C22H17Cl2N3S/c1-2-5-14-10-21(28-13-15-8-9-16(23)11-18(15)24)27-20-7-4-3-6-19(20)26-22(27)17(14)12-25/h3-4,6-11H,2,5,13H2,1H3. The smallest absolute Gasteiger partial charge is 0.157 e.